The molecular weight excluding hydrogens is 423 g/mol. The number of Topliss-reactive ketones (excluding diaryl/α,β-unsaturated/α-hetero) is 1. The third-order valence-corrected chi connectivity index (χ3v) is 7.03. The molecule has 158 valence electrons. The third-order valence-electron chi connectivity index (χ3n) is 6.29. The van der Waals surface area contributed by atoms with Gasteiger partial charge in [0.2, 0.25) is 0 Å². The number of aliphatic hydroxyl groups excluding tert-OH is 1. The topological polar surface area (TPSA) is 55.8 Å². The summed E-state index contributed by atoms with van der Waals surface area (Å²) in [6.07, 6.45) is 0.689. The summed E-state index contributed by atoms with van der Waals surface area (Å²) in [5.74, 6) is -0.272. The van der Waals surface area contributed by atoms with Crippen LogP contribution in [0.15, 0.2) is 42.2 Å². The summed E-state index contributed by atoms with van der Waals surface area (Å²) in [4.78, 5) is 13.3. The molecule has 4 nitrogen and oxygen atoms in total. The summed E-state index contributed by atoms with van der Waals surface area (Å²) < 4.78 is 11.3. The predicted molar refractivity (Wildman–Crippen MR) is 119 cm³/mol. The van der Waals surface area contributed by atoms with Gasteiger partial charge < -0.3 is 14.6 Å². The van der Waals surface area contributed by atoms with E-state index in [0.29, 0.717) is 28.6 Å². The van der Waals surface area contributed by atoms with Crippen LogP contribution in [0.3, 0.4) is 0 Å². The number of hydrogen-bond donors (Lipinski definition) is 1. The lowest BCUT2D eigenvalue weighted by Gasteiger charge is -2.34. The molecule has 2 aromatic carbocycles. The zero-order valence-corrected chi connectivity index (χ0v) is 18.7. The number of ketones is 1. The van der Waals surface area contributed by atoms with Gasteiger partial charge in [-0.05, 0) is 60.2 Å². The first-order chi connectivity index (χ1) is 14.3. The normalized spacial score (nSPS) is 25.8. The SMILES string of the molecule is CCc1ccc(-c2ccc(Cl)c(Cl)c2)cc1C1=C(O)[C@]2(C)O[C@H](CC2COC)C1=O. The number of methoxy groups -OCH3 is 1. The second kappa shape index (κ2) is 8.01. The van der Waals surface area contributed by atoms with E-state index in [2.05, 4.69) is 0 Å². The Bertz CT molecular complexity index is 1050. The van der Waals surface area contributed by atoms with Crippen molar-refractivity contribution < 1.29 is 19.4 Å². The van der Waals surface area contributed by atoms with E-state index < -0.39 is 11.7 Å². The Labute approximate surface area is 186 Å². The Morgan fingerprint density at radius 1 is 1.17 bits per heavy atom. The second-order valence-corrected chi connectivity index (χ2v) is 8.86. The summed E-state index contributed by atoms with van der Waals surface area (Å²) in [7, 11) is 1.62. The van der Waals surface area contributed by atoms with Gasteiger partial charge in [-0.1, -0.05) is 48.3 Å². The van der Waals surface area contributed by atoms with E-state index in [1.807, 2.05) is 38.1 Å². The summed E-state index contributed by atoms with van der Waals surface area (Å²) >= 11 is 12.3. The standard InChI is InChI=1S/C24H24Cl2O4/c1-4-13-5-6-14(15-7-8-18(25)19(26)10-15)9-17(13)21-22(27)20-11-16(12-29-3)24(2,30-20)23(21)28/h5-10,16,20,28H,4,11-12H2,1-3H3/t16?,20-,24-/m1/s1. The van der Waals surface area contributed by atoms with Crippen molar-refractivity contribution in [3.8, 4) is 11.1 Å². The van der Waals surface area contributed by atoms with Gasteiger partial charge in [-0.3, -0.25) is 4.79 Å². The van der Waals surface area contributed by atoms with E-state index in [1.165, 1.54) is 0 Å². The molecule has 6 heteroatoms. The van der Waals surface area contributed by atoms with E-state index in [9.17, 15) is 9.90 Å². The molecule has 30 heavy (non-hydrogen) atoms. The van der Waals surface area contributed by atoms with Crippen molar-refractivity contribution in [2.45, 2.75) is 38.4 Å². The molecule has 2 aromatic rings. The lowest BCUT2D eigenvalue weighted by Crippen LogP contribution is -2.41. The molecule has 2 bridgehead atoms. The smallest absolute Gasteiger partial charge is 0.195 e. The molecule has 0 amide bonds. The average molecular weight is 447 g/mol. The van der Waals surface area contributed by atoms with Crippen molar-refractivity contribution in [1.29, 1.82) is 0 Å². The number of fused-ring (bicyclic) bond motifs is 2. The first-order valence-electron chi connectivity index (χ1n) is 10.0. The number of carbonyl (C=O) groups excluding carboxylic acids is 1. The molecule has 0 saturated carbocycles. The van der Waals surface area contributed by atoms with Crippen LogP contribution in [0.1, 0.15) is 31.4 Å². The largest absolute Gasteiger partial charge is 0.508 e. The number of carbonyl (C=O) groups is 1. The van der Waals surface area contributed by atoms with Gasteiger partial charge in [0.05, 0.1) is 22.2 Å². The number of aryl methyl sites for hydroxylation is 1. The van der Waals surface area contributed by atoms with Crippen molar-refractivity contribution >= 4 is 34.6 Å². The minimum absolute atomic E-state index is 0.00992. The van der Waals surface area contributed by atoms with Crippen LogP contribution in [0.4, 0.5) is 0 Å². The Kier molecular flexibility index (Phi) is 5.71. The fraction of sp³-hybridized carbons (Fsp3) is 0.375. The van der Waals surface area contributed by atoms with Crippen LogP contribution < -0.4 is 0 Å². The Hall–Kier alpha value is -1.85. The fourth-order valence-electron chi connectivity index (χ4n) is 4.52. The number of benzene rings is 2. The predicted octanol–water partition coefficient (Wildman–Crippen LogP) is 5.88. The van der Waals surface area contributed by atoms with E-state index in [0.717, 1.165) is 28.7 Å². The molecule has 2 aliphatic heterocycles. The second-order valence-electron chi connectivity index (χ2n) is 8.04. The molecule has 4 rings (SSSR count). The van der Waals surface area contributed by atoms with Gasteiger partial charge in [0.15, 0.2) is 5.78 Å². The quantitative estimate of drug-likeness (QED) is 0.622. The van der Waals surface area contributed by atoms with E-state index in [-0.39, 0.29) is 17.5 Å². The van der Waals surface area contributed by atoms with Crippen LogP contribution in [-0.2, 0) is 20.7 Å². The summed E-state index contributed by atoms with van der Waals surface area (Å²) in [6, 6.07) is 11.4. The maximum Gasteiger partial charge on any atom is 0.195 e. The molecule has 0 spiro atoms. The van der Waals surface area contributed by atoms with E-state index in [4.69, 9.17) is 32.7 Å². The molecule has 0 aliphatic carbocycles. The van der Waals surface area contributed by atoms with Gasteiger partial charge in [0, 0.05) is 13.0 Å². The first-order valence-corrected chi connectivity index (χ1v) is 10.8. The monoisotopic (exact) mass is 446 g/mol. The molecule has 0 radical (unpaired) electrons. The fourth-order valence-corrected chi connectivity index (χ4v) is 4.82. The minimum atomic E-state index is -0.936. The molecule has 1 unspecified atom stereocenters. The summed E-state index contributed by atoms with van der Waals surface area (Å²) in [5.41, 5.74) is 2.92. The highest BCUT2D eigenvalue weighted by molar-refractivity contribution is 6.42. The van der Waals surface area contributed by atoms with Crippen molar-refractivity contribution in [2.24, 2.45) is 5.92 Å². The molecule has 3 atom stereocenters. The molecule has 0 aromatic heterocycles. The van der Waals surface area contributed by atoms with Crippen molar-refractivity contribution in [2.75, 3.05) is 13.7 Å². The van der Waals surface area contributed by atoms with Crippen molar-refractivity contribution in [3.63, 3.8) is 0 Å². The van der Waals surface area contributed by atoms with E-state index in [1.54, 1.807) is 19.2 Å². The Balaban J connectivity index is 1.87. The molecule has 2 heterocycles. The van der Waals surface area contributed by atoms with Crippen LogP contribution in [0.25, 0.3) is 16.7 Å². The zero-order valence-electron chi connectivity index (χ0n) is 17.2. The molecular formula is C24H24Cl2O4. The lowest BCUT2D eigenvalue weighted by molar-refractivity contribution is -0.132. The number of ether oxygens (including phenoxy) is 2. The molecule has 2 aliphatic rings. The number of halogens is 2. The van der Waals surface area contributed by atoms with Crippen LogP contribution in [-0.4, -0.2) is 36.3 Å². The van der Waals surface area contributed by atoms with Gasteiger partial charge in [0.25, 0.3) is 0 Å². The summed E-state index contributed by atoms with van der Waals surface area (Å²) in [6.45, 7) is 4.29. The highest BCUT2D eigenvalue weighted by Gasteiger charge is 2.56. The zero-order chi connectivity index (χ0) is 21.6. The van der Waals surface area contributed by atoms with Crippen molar-refractivity contribution in [3.05, 3.63) is 63.3 Å². The number of rotatable bonds is 5. The highest BCUT2D eigenvalue weighted by atomic mass is 35.5. The highest BCUT2D eigenvalue weighted by Crippen LogP contribution is 2.49. The Morgan fingerprint density at radius 2 is 1.87 bits per heavy atom. The Morgan fingerprint density at radius 3 is 2.53 bits per heavy atom. The van der Waals surface area contributed by atoms with E-state index >= 15 is 0 Å². The molecule has 1 fully saturated rings. The average Bonchev–Trinajstić information content (AvgIpc) is 3.04. The van der Waals surface area contributed by atoms with Gasteiger partial charge in [-0.2, -0.15) is 0 Å². The number of hydrogen-bond acceptors (Lipinski definition) is 4. The summed E-state index contributed by atoms with van der Waals surface area (Å²) in [5, 5.41) is 12.2. The van der Waals surface area contributed by atoms with Crippen LogP contribution in [0.2, 0.25) is 10.0 Å². The molecule has 1 N–H and O–H groups in total. The maximum absolute atomic E-state index is 13.3. The minimum Gasteiger partial charge on any atom is -0.508 e. The van der Waals surface area contributed by atoms with Crippen molar-refractivity contribution in [1.82, 2.24) is 0 Å². The van der Waals surface area contributed by atoms with Gasteiger partial charge in [-0.25, -0.2) is 0 Å². The van der Waals surface area contributed by atoms with Crippen LogP contribution in [0, 0.1) is 5.92 Å². The van der Waals surface area contributed by atoms with Crippen LogP contribution >= 0.6 is 23.2 Å². The maximum atomic E-state index is 13.3. The third kappa shape index (κ3) is 3.36. The first kappa shape index (κ1) is 21.4. The van der Waals surface area contributed by atoms with Gasteiger partial charge in [0.1, 0.15) is 17.5 Å². The lowest BCUT2D eigenvalue weighted by atomic mass is 9.84. The van der Waals surface area contributed by atoms with Gasteiger partial charge in [-0.15, -0.1) is 0 Å². The molecule has 1 saturated heterocycles. The number of aliphatic hydroxyl groups is 1. The van der Waals surface area contributed by atoms with Crippen LogP contribution in [0.5, 0.6) is 0 Å². The van der Waals surface area contributed by atoms with Gasteiger partial charge >= 0.3 is 0 Å².